The van der Waals surface area contributed by atoms with Crippen molar-refractivity contribution in [3.63, 3.8) is 0 Å². The molecule has 2 rings (SSSR count). The molecule has 0 aliphatic carbocycles. The van der Waals surface area contributed by atoms with Gasteiger partial charge in [-0.25, -0.2) is 0 Å². The van der Waals surface area contributed by atoms with E-state index < -0.39 is 12.4 Å². The van der Waals surface area contributed by atoms with E-state index in [0.29, 0.717) is 13.0 Å². The first-order chi connectivity index (χ1) is 10.5. The van der Waals surface area contributed by atoms with Crippen molar-refractivity contribution in [3.05, 3.63) is 29.8 Å². The summed E-state index contributed by atoms with van der Waals surface area (Å²) in [6.07, 6.45) is 0.275. The molecule has 1 aliphatic heterocycles. The maximum Gasteiger partial charge on any atom is 0.165 e. The highest BCUT2D eigenvalue weighted by molar-refractivity contribution is 5.56. The third kappa shape index (κ3) is 3.66. The van der Waals surface area contributed by atoms with Crippen LogP contribution in [0.3, 0.4) is 0 Å². The highest BCUT2D eigenvalue weighted by atomic mass is 16.7. The molecule has 0 aromatic heterocycles. The normalized spacial score (nSPS) is 27.4. The summed E-state index contributed by atoms with van der Waals surface area (Å²) < 4.78 is 22.2. The van der Waals surface area contributed by atoms with E-state index in [-0.39, 0.29) is 11.5 Å². The summed E-state index contributed by atoms with van der Waals surface area (Å²) in [4.78, 5) is 11.1. The Labute approximate surface area is 131 Å². The monoisotopic (exact) mass is 308 g/mol. The van der Waals surface area contributed by atoms with E-state index in [1.165, 1.54) is 0 Å². The average Bonchev–Trinajstić information content (AvgIpc) is 2.54. The van der Waals surface area contributed by atoms with Crippen LogP contribution in [0.15, 0.2) is 24.3 Å². The number of benzene rings is 1. The van der Waals surface area contributed by atoms with E-state index in [1.54, 1.807) is 14.2 Å². The van der Waals surface area contributed by atoms with Crippen molar-refractivity contribution >= 4 is 6.29 Å². The summed E-state index contributed by atoms with van der Waals surface area (Å²) in [6.45, 7) is 4.53. The van der Waals surface area contributed by atoms with Gasteiger partial charge in [-0.2, -0.15) is 0 Å². The Morgan fingerprint density at radius 2 is 1.95 bits per heavy atom. The molecule has 0 unspecified atom stereocenters. The molecule has 5 heteroatoms. The topological polar surface area (TPSA) is 54.0 Å². The molecule has 3 atom stereocenters. The van der Waals surface area contributed by atoms with E-state index in [4.69, 9.17) is 18.9 Å². The van der Waals surface area contributed by atoms with Crippen molar-refractivity contribution in [3.8, 4) is 5.75 Å². The first-order valence-corrected chi connectivity index (χ1v) is 7.39. The van der Waals surface area contributed by atoms with Crippen molar-refractivity contribution in [1.29, 1.82) is 0 Å². The molecule has 0 spiro atoms. The van der Waals surface area contributed by atoms with E-state index in [2.05, 4.69) is 0 Å². The molecule has 22 heavy (non-hydrogen) atoms. The number of hydrogen-bond acceptors (Lipinski definition) is 5. The van der Waals surface area contributed by atoms with Gasteiger partial charge in [-0.15, -0.1) is 0 Å². The van der Waals surface area contributed by atoms with E-state index in [9.17, 15) is 4.79 Å². The predicted molar refractivity (Wildman–Crippen MR) is 81.7 cm³/mol. The van der Waals surface area contributed by atoms with Gasteiger partial charge in [-0.05, 0) is 17.7 Å². The van der Waals surface area contributed by atoms with Crippen LogP contribution in [0.1, 0.15) is 25.8 Å². The Balaban J connectivity index is 2.03. The van der Waals surface area contributed by atoms with Crippen molar-refractivity contribution < 1.29 is 23.7 Å². The maximum absolute atomic E-state index is 11.1. The number of hydrogen-bond donors (Lipinski definition) is 0. The molecule has 1 aliphatic rings. The summed E-state index contributed by atoms with van der Waals surface area (Å²) in [6, 6.07) is 7.74. The lowest BCUT2D eigenvalue weighted by molar-refractivity contribution is -0.270. The highest BCUT2D eigenvalue weighted by Gasteiger charge is 2.46. The number of aldehydes is 1. The van der Waals surface area contributed by atoms with Crippen molar-refractivity contribution in [1.82, 2.24) is 0 Å². The van der Waals surface area contributed by atoms with Crippen LogP contribution in [-0.4, -0.2) is 39.0 Å². The fourth-order valence-corrected chi connectivity index (χ4v) is 2.70. The van der Waals surface area contributed by atoms with Crippen LogP contribution in [0.2, 0.25) is 0 Å². The van der Waals surface area contributed by atoms with Crippen LogP contribution in [0.4, 0.5) is 0 Å². The van der Waals surface area contributed by atoms with Crippen molar-refractivity contribution in [2.45, 2.75) is 45.4 Å². The average molecular weight is 308 g/mol. The Kier molecular flexibility index (Phi) is 5.56. The molecular weight excluding hydrogens is 284 g/mol. The number of methoxy groups -OCH3 is 2. The summed E-state index contributed by atoms with van der Waals surface area (Å²) in [5.41, 5.74) is 0.723. The van der Waals surface area contributed by atoms with Gasteiger partial charge in [0, 0.05) is 18.9 Å². The van der Waals surface area contributed by atoms with Crippen LogP contribution in [-0.2, 0) is 25.6 Å². The van der Waals surface area contributed by atoms with Gasteiger partial charge in [0.25, 0.3) is 0 Å². The molecule has 0 bridgehead atoms. The van der Waals surface area contributed by atoms with Crippen molar-refractivity contribution in [2.75, 3.05) is 14.2 Å². The minimum absolute atomic E-state index is 0.122. The molecule has 0 amide bonds. The zero-order chi connectivity index (χ0) is 16.2. The zero-order valence-corrected chi connectivity index (χ0v) is 13.6. The molecule has 0 saturated carbocycles. The molecule has 1 aromatic carbocycles. The largest absolute Gasteiger partial charge is 0.497 e. The second kappa shape index (κ2) is 7.22. The van der Waals surface area contributed by atoms with Gasteiger partial charge in [0.2, 0.25) is 0 Å². The third-order valence-electron chi connectivity index (χ3n) is 4.16. The van der Waals surface area contributed by atoms with Crippen LogP contribution in [0.25, 0.3) is 0 Å². The first-order valence-electron chi connectivity index (χ1n) is 7.39. The van der Waals surface area contributed by atoms with E-state index >= 15 is 0 Å². The fourth-order valence-electron chi connectivity index (χ4n) is 2.70. The lowest BCUT2D eigenvalue weighted by atomic mass is 9.80. The molecule has 1 aromatic rings. The number of rotatable bonds is 6. The molecular formula is C17H24O5. The van der Waals surface area contributed by atoms with E-state index in [1.807, 2.05) is 38.1 Å². The lowest BCUT2D eigenvalue weighted by Crippen LogP contribution is -2.52. The number of carbonyl (C=O) groups is 1. The van der Waals surface area contributed by atoms with Crippen LogP contribution in [0.5, 0.6) is 5.75 Å². The standard InChI is InChI=1S/C17H24O5/c1-17(2)15(9-14(10-18)22-16(17)20-4)21-11-12-5-7-13(19-3)8-6-12/h5-8,10,14-16H,9,11H2,1-4H3/t14-,15-,16-/m0/s1. The minimum atomic E-state index is -0.487. The quantitative estimate of drug-likeness (QED) is 0.756. The van der Waals surface area contributed by atoms with E-state index in [0.717, 1.165) is 17.6 Å². The molecule has 5 nitrogen and oxygen atoms in total. The summed E-state index contributed by atoms with van der Waals surface area (Å²) in [7, 11) is 3.22. The smallest absolute Gasteiger partial charge is 0.165 e. The summed E-state index contributed by atoms with van der Waals surface area (Å²) >= 11 is 0. The second-order valence-electron chi connectivity index (χ2n) is 6.08. The van der Waals surface area contributed by atoms with Gasteiger partial charge >= 0.3 is 0 Å². The van der Waals surface area contributed by atoms with Crippen LogP contribution in [0, 0.1) is 5.41 Å². The minimum Gasteiger partial charge on any atom is -0.497 e. The predicted octanol–water partition coefficient (Wildman–Crippen LogP) is 2.57. The van der Waals surface area contributed by atoms with Gasteiger partial charge in [0.1, 0.15) is 18.1 Å². The fraction of sp³-hybridized carbons (Fsp3) is 0.588. The Hall–Kier alpha value is -1.43. The van der Waals surface area contributed by atoms with Gasteiger partial charge in [0.15, 0.2) is 6.29 Å². The number of carbonyl (C=O) groups excluding carboxylic acids is 1. The van der Waals surface area contributed by atoms with Crippen LogP contribution < -0.4 is 4.74 Å². The first kappa shape index (κ1) is 16.9. The second-order valence-corrected chi connectivity index (χ2v) is 6.08. The van der Waals surface area contributed by atoms with Gasteiger partial charge in [-0.1, -0.05) is 26.0 Å². The molecule has 1 heterocycles. The molecule has 1 saturated heterocycles. The third-order valence-corrected chi connectivity index (χ3v) is 4.16. The van der Waals surface area contributed by atoms with Crippen molar-refractivity contribution in [2.24, 2.45) is 5.41 Å². The Morgan fingerprint density at radius 3 is 2.50 bits per heavy atom. The molecule has 0 N–H and O–H groups in total. The molecule has 122 valence electrons. The van der Waals surface area contributed by atoms with Gasteiger partial charge < -0.3 is 23.7 Å². The van der Waals surface area contributed by atoms with Crippen LogP contribution >= 0.6 is 0 Å². The van der Waals surface area contributed by atoms with Gasteiger partial charge in [-0.3, -0.25) is 0 Å². The Bertz CT molecular complexity index is 482. The summed E-state index contributed by atoms with van der Waals surface area (Å²) in [5, 5.41) is 0. The highest BCUT2D eigenvalue weighted by Crippen LogP contribution is 2.38. The lowest BCUT2D eigenvalue weighted by Gasteiger charge is -2.45. The Morgan fingerprint density at radius 1 is 1.27 bits per heavy atom. The molecule has 1 fully saturated rings. The summed E-state index contributed by atoms with van der Waals surface area (Å²) in [5.74, 6) is 0.815. The molecule has 0 radical (unpaired) electrons. The SMILES string of the molecule is COc1ccc(CO[C@H]2C[C@@H](C=O)O[C@H](OC)C2(C)C)cc1. The maximum atomic E-state index is 11.1. The zero-order valence-electron chi connectivity index (χ0n) is 13.6. The van der Waals surface area contributed by atoms with Gasteiger partial charge in [0.05, 0.1) is 19.8 Å². The number of ether oxygens (including phenoxy) is 4.